The normalized spacial score (nSPS) is 16.2. The molecular formula is C17H26N2O4S. The number of hydrogen-bond acceptors (Lipinski definition) is 4. The SMILES string of the molecule is CCCCS(=O)(=O)N1CCN(C(=O)Cc2cccc(OC)c2)CC1. The summed E-state index contributed by atoms with van der Waals surface area (Å²) in [6.07, 6.45) is 1.84. The summed E-state index contributed by atoms with van der Waals surface area (Å²) >= 11 is 0. The van der Waals surface area contributed by atoms with Crippen LogP contribution in [0.25, 0.3) is 0 Å². The number of ether oxygens (including phenoxy) is 1. The first kappa shape index (κ1) is 18.7. The van der Waals surface area contributed by atoms with Gasteiger partial charge in [0.15, 0.2) is 0 Å². The zero-order chi connectivity index (χ0) is 17.6. The highest BCUT2D eigenvalue weighted by Crippen LogP contribution is 2.15. The molecule has 24 heavy (non-hydrogen) atoms. The summed E-state index contributed by atoms with van der Waals surface area (Å²) in [5.41, 5.74) is 0.900. The van der Waals surface area contributed by atoms with Gasteiger partial charge in [-0.1, -0.05) is 25.5 Å². The summed E-state index contributed by atoms with van der Waals surface area (Å²) in [5, 5.41) is 0. The summed E-state index contributed by atoms with van der Waals surface area (Å²) < 4.78 is 31.1. The van der Waals surface area contributed by atoms with Crippen molar-refractivity contribution in [1.82, 2.24) is 9.21 Å². The van der Waals surface area contributed by atoms with Gasteiger partial charge < -0.3 is 9.64 Å². The van der Waals surface area contributed by atoms with Crippen molar-refractivity contribution in [2.45, 2.75) is 26.2 Å². The van der Waals surface area contributed by atoms with Crippen LogP contribution in [0.5, 0.6) is 5.75 Å². The molecule has 1 saturated heterocycles. The molecule has 1 heterocycles. The number of benzene rings is 1. The third-order valence-corrected chi connectivity index (χ3v) is 6.19. The van der Waals surface area contributed by atoms with Crippen molar-refractivity contribution in [2.24, 2.45) is 0 Å². The molecule has 1 aliphatic rings. The Morgan fingerprint density at radius 1 is 1.21 bits per heavy atom. The van der Waals surface area contributed by atoms with Crippen molar-refractivity contribution < 1.29 is 17.9 Å². The number of hydrogen-bond donors (Lipinski definition) is 0. The first-order valence-electron chi connectivity index (χ1n) is 8.35. The Kier molecular flexibility index (Phi) is 6.62. The number of piperazine rings is 1. The van der Waals surface area contributed by atoms with E-state index in [0.717, 1.165) is 17.7 Å². The average Bonchev–Trinajstić information content (AvgIpc) is 2.60. The quantitative estimate of drug-likeness (QED) is 0.744. The minimum Gasteiger partial charge on any atom is -0.497 e. The number of unbranched alkanes of at least 4 members (excludes halogenated alkanes) is 1. The highest BCUT2D eigenvalue weighted by atomic mass is 32.2. The number of methoxy groups -OCH3 is 1. The van der Waals surface area contributed by atoms with Crippen LogP contribution in [0.3, 0.4) is 0 Å². The summed E-state index contributed by atoms with van der Waals surface area (Å²) in [6, 6.07) is 7.45. The molecule has 0 aromatic heterocycles. The Hall–Kier alpha value is -1.60. The van der Waals surface area contributed by atoms with Crippen LogP contribution in [0, 0.1) is 0 Å². The smallest absolute Gasteiger partial charge is 0.227 e. The van der Waals surface area contributed by atoms with E-state index in [1.807, 2.05) is 31.2 Å². The molecule has 6 nitrogen and oxygen atoms in total. The number of amides is 1. The van der Waals surface area contributed by atoms with E-state index in [1.54, 1.807) is 12.0 Å². The number of nitrogens with zero attached hydrogens (tertiary/aromatic N) is 2. The van der Waals surface area contributed by atoms with Crippen LogP contribution < -0.4 is 4.74 Å². The van der Waals surface area contributed by atoms with Gasteiger partial charge in [0.1, 0.15) is 5.75 Å². The topological polar surface area (TPSA) is 66.9 Å². The Morgan fingerprint density at radius 2 is 1.92 bits per heavy atom. The van der Waals surface area contributed by atoms with E-state index in [9.17, 15) is 13.2 Å². The highest BCUT2D eigenvalue weighted by Gasteiger charge is 2.28. The summed E-state index contributed by atoms with van der Waals surface area (Å²) in [6.45, 7) is 3.65. The zero-order valence-corrected chi connectivity index (χ0v) is 15.2. The fraction of sp³-hybridized carbons (Fsp3) is 0.588. The molecule has 1 fully saturated rings. The van der Waals surface area contributed by atoms with Gasteiger partial charge in [-0.2, -0.15) is 4.31 Å². The fourth-order valence-corrected chi connectivity index (χ4v) is 4.37. The molecule has 0 radical (unpaired) electrons. The largest absolute Gasteiger partial charge is 0.497 e. The number of sulfonamides is 1. The van der Waals surface area contributed by atoms with E-state index in [0.29, 0.717) is 39.0 Å². The lowest BCUT2D eigenvalue weighted by Gasteiger charge is -2.34. The van der Waals surface area contributed by atoms with E-state index in [1.165, 1.54) is 4.31 Å². The van der Waals surface area contributed by atoms with Gasteiger partial charge in [-0.05, 0) is 24.1 Å². The monoisotopic (exact) mass is 354 g/mol. The lowest BCUT2D eigenvalue weighted by molar-refractivity contribution is -0.131. The maximum atomic E-state index is 12.4. The van der Waals surface area contributed by atoms with Gasteiger partial charge in [-0.25, -0.2) is 8.42 Å². The molecule has 0 bridgehead atoms. The lowest BCUT2D eigenvalue weighted by atomic mass is 10.1. The predicted octanol–water partition coefficient (Wildman–Crippen LogP) is 1.51. The second-order valence-electron chi connectivity index (χ2n) is 5.98. The zero-order valence-electron chi connectivity index (χ0n) is 14.4. The third-order valence-electron chi connectivity index (χ3n) is 4.23. The van der Waals surface area contributed by atoms with Crippen molar-refractivity contribution in [1.29, 1.82) is 0 Å². The summed E-state index contributed by atoms with van der Waals surface area (Å²) in [5.74, 6) is 0.947. The second-order valence-corrected chi connectivity index (χ2v) is 8.07. The molecule has 1 amide bonds. The Balaban J connectivity index is 1.88. The average molecular weight is 354 g/mol. The van der Waals surface area contributed by atoms with Crippen LogP contribution in [0.2, 0.25) is 0 Å². The molecule has 1 aromatic carbocycles. The maximum absolute atomic E-state index is 12.4. The van der Waals surface area contributed by atoms with E-state index < -0.39 is 10.0 Å². The van der Waals surface area contributed by atoms with Crippen LogP contribution in [-0.2, 0) is 21.2 Å². The van der Waals surface area contributed by atoms with Crippen molar-refractivity contribution in [3.8, 4) is 5.75 Å². The molecule has 1 aliphatic heterocycles. The van der Waals surface area contributed by atoms with Gasteiger partial charge in [0.2, 0.25) is 15.9 Å². The van der Waals surface area contributed by atoms with Crippen molar-refractivity contribution in [3.05, 3.63) is 29.8 Å². The van der Waals surface area contributed by atoms with Crippen molar-refractivity contribution >= 4 is 15.9 Å². The van der Waals surface area contributed by atoms with Crippen LogP contribution in [0.15, 0.2) is 24.3 Å². The minimum atomic E-state index is -3.18. The van der Waals surface area contributed by atoms with Crippen LogP contribution >= 0.6 is 0 Å². The molecule has 0 unspecified atom stereocenters. The third kappa shape index (κ3) is 4.95. The molecule has 0 spiro atoms. The number of carbonyl (C=O) groups excluding carboxylic acids is 1. The first-order valence-corrected chi connectivity index (χ1v) is 9.95. The Bertz CT molecular complexity index is 652. The number of rotatable bonds is 7. The molecule has 0 saturated carbocycles. The molecule has 0 aliphatic carbocycles. The van der Waals surface area contributed by atoms with E-state index in [-0.39, 0.29) is 11.7 Å². The van der Waals surface area contributed by atoms with Crippen molar-refractivity contribution in [2.75, 3.05) is 39.0 Å². The van der Waals surface area contributed by atoms with Crippen LogP contribution in [0.4, 0.5) is 0 Å². The van der Waals surface area contributed by atoms with Gasteiger partial charge in [0.05, 0.1) is 19.3 Å². The predicted molar refractivity (Wildman–Crippen MR) is 93.5 cm³/mol. The van der Waals surface area contributed by atoms with E-state index >= 15 is 0 Å². The molecule has 1 aromatic rings. The lowest BCUT2D eigenvalue weighted by Crippen LogP contribution is -2.51. The Labute approximate surface area is 144 Å². The standard InChI is InChI=1S/C17H26N2O4S/c1-3-4-12-24(21,22)19-10-8-18(9-11-19)17(20)14-15-6-5-7-16(13-15)23-2/h5-7,13H,3-4,8-12,14H2,1-2H3. The first-order chi connectivity index (χ1) is 11.5. The molecule has 0 N–H and O–H groups in total. The van der Waals surface area contributed by atoms with Crippen LogP contribution in [-0.4, -0.2) is 62.6 Å². The number of carbonyl (C=O) groups is 1. The van der Waals surface area contributed by atoms with Crippen molar-refractivity contribution in [3.63, 3.8) is 0 Å². The van der Waals surface area contributed by atoms with Gasteiger partial charge in [-0.15, -0.1) is 0 Å². The molecule has 2 rings (SSSR count). The molecule has 7 heteroatoms. The van der Waals surface area contributed by atoms with E-state index in [4.69, 9.17) is 4.74 Å². The summed E-state index contributed by atoms with van der Waals surface area (Å²) in [7, 11) is -1.59. The summed E-state index contributed by atoms with van der Waals surface area (Å²) in [4.78, 5) is 14.2. The van der Waals surface area contributed by atoms with Gasteiger partial charge in [-0.3, -0.25) is 4.79 Å². The maximum Gasteiger partial charge on any atom is 0.227 e. The minimum absolute atomic E-state index is 0.0221. The van der Waals surface area contributed by atoms with Crippen LogP contribution in [0.1, 0.15) is 25.3 Å². The fourth-order valence-electron chi connectivity index (χ4n) is 2.74. The second kappa shape index (κ2) is 8.48. The van der Waals surface area contributed by atoms with Gasteiger partial charge in [0, 0.05) is 26.2 Å². The van der Waals surface area contributed by atoms with Gasteiger partial charge in [0.25, 0.3) is 0 Å². The molecular weight excluding hydrogens is 328 g/mol. The Morgan fingerprint density at radius 3 is 2.54 bits per heavy atom. The van der Waals surface area contributed by atoms with E-state index in [2.05, 4.69) is 0 Å². The molecule has 134 valence electrons. The molecule has 0 atom stereocenters. The van der Waals surface area contributed by atoms with Gasteiger partial charge >= 0.3 is 0 Å². The highest BCUT2D eigenvalue weighted by molar-refractivity contribution is 7.89.